The first-order valence-corrected chi connectivity index (χ1v) is 7.33. The summed E-state index contributed by atoms with van der Waals surface area (Å²) in [5.41, 5.74) is 2.00. The topological polar surface area (TPSA) is 54.9 Å². The Kier molecular flexibility index (Phi) is 3.53. The van der Waals surface area contributed by atoms with Gasteiger partial charge in [-0.25, -0.2) is 9.97 Å². The molecule has 0 spiro atoms. The van der Waals surface area contributed by atoms with E-state index in [1.54, 1.807) is 6.20 Å². The quantitative estimate of drug-likeness (QED) is 0.933. The van der Waals surface area contributed by atoms with Crippen molar-refractivity contribution in [2.45, 2.75) is 25.7 Å². The van der Waals surface area contributed by atoms with Crippen molar-refractivity contribution in [3.05, 3.63) is 52.0 Å². The van der Waals surface area contributed by atoms with Crippen LogP contribution in [0.4, 0.5) is 5.69 Å². The fourth-order valence-electron chi connectivity index (χ4n) is 2.01. The van der Waals surface area contributed by atoms with Gasteiger partial charge in [0, 0.05) is 22.3 Å². The van der Waals surface area contributed by atoms with Crippen LogP contribution in [0.5, 0.6) is 0 Å². The summed E-state index contributed by atoms with van der Waals surface area (Å²) in [6, 6.07) is 7.48. The Labute approximate surface area is 125 Å². The van der Waals surface area contributed by atoms with Gasteiger partial charge in [0.2, 0.25) is 0 Å². The first kappa shape index (κ1) is 13.2. The van der Waals surface area contributed by atoms with Gasteiger partial charge in [0.1, 0.15) is 5.82 Å². The Hall–Kier alpha value is -1.75. The van der Waals surface area contributed by atoms with E-state index in [2.05, 4.69) is 31.2 Å². The Balaban J connectivity index is 1.79. The highest BCUT2D eigenvalue weighted by Gasteiger charge is 2.27. The number of nitrogens with one attached hydrogen (secondary N) is 1. The average Bonchev–Trinajstić information content (AvgIpc) is 3.22. The summed E-state index contributed by atoms with van der Waals surface area (Å²) in [5.74, 6) is 1.18. The van der Waals surface area contributed by atoms with Crippen molar-refractivity contribution in [2.24, 2.45) is 0 Å². The second-order valence-corrected chi connectivity index (χ2v) is 5.88. The molecule has 0 radical (unpaired) electrons. The molecule has 20 heavy (non-hydrogen) atoms. The van der Waals surface area contributed by atoms with Crippen LogP contribution in [0.25, 0.3) is 0 Å². The van der Waals surface area contributed by atoms with Gasteiger partial charge in [0.15, 0.2) is 0 Å². The molecule has 0 aliphatic heterocycles. The number of carbonyl (C=O) groups excluding carboxylic acids is 1. The molecule has 2 aromatic rings. The van der Waals surface area contributed by atoms with Gasteiger partial charge in [-0.3, -0.25) is 4.79 Å². The number of aromatic nitrogens is 2. The SMILES string of the molecule is Cc1nc(C2CC2)ncc1C(=O)Nc1cccc(Br)c1. The van der Waals surface area contributed by atoms with E-state index in [1.807, 2.05) is 31.2 Å². The molecular formula is C15H14BrN3O. The summed E-state index contributed by atoms with van der Waals surface area (Å²) >= 11 is 3.38. The van der Waals surface area contributed by atoms with E-state index < -0.39 is 0 Å². The number of rotatable bonds is 3. The average molecular weight is 332 g/mol. The van der Waals surface area contributed by atoms with E-state index in [0.29, 0.717) is 11.5 Å². The van der Waals surface area contributed by atoms with Crippen LogP contribution >= 0.6 is 15.9 Å². The minimum atomic E-state index is -0.178. The summed E-state index contributed by atoms with van der Waals surface area (Å²) in [6.45, 7) is 1.85. The highest BCUT2D eigenvalue weighted by Crippen LogP contribution is 2.37. The second kappa shape index (κ2) is 5.32. The van der Waals surface area contributed by atoms with Crippen molar-refractivity contribution in [3.63, 3.8) is 0 Å². The smallest absolute Gasteiger partial charge is 0.259 e. The molecule has 1 saturated carbocycles. The molecule has 1 amide bonds. The fourth-order valence-corrected chi connectivity index (χ4v) is 2.41. The Morgan fingerprint density at radius 3 is 2.85 bits per heavy atom. The Morgan fingerprint density at radius 2 is 2.20 bits per heavy atom. The molecule has 0 atom stereocenters. The van der Waals surface area contributed by atoms with Crippen molar-refractivity contribution >= 4 is 27.5 Å². The summed E-state index contributed by atoms with van der Waals surface area (Å²) < 4.78 is 0.923. The van der Waals surface area contributed by atoms with Gasteiger partial charge in [-0.1, -0.05) is 22.0 Å². The predicted octanol–water partition coefficient (Wildman–Crippen LogP) is 3.68. The van der Waals surface area contributed by atoms with Crippen LogP contribution in [0.15, 0.2) is 34.9 Å². The van der Waals surface area contributed by atoms with E-state index in [1.165, 1.54) is 0 Å². The van der Waals surface area contributed by atoms with Gasteiger partial charge in [0.05, 0.1) is 11.3 Å². The van der Waals surface area contributed by atoms with Crippen LogP contribution in [-0.2, 0) is 0 Å². The molecule has 1 aliphatic rings. The number of hydrogen-bond acceptors (Lipinski definition) is 3. The molecule has 1 fully saturated rings. The normalized spacial score (nSPS) is 14.1. The first-order chi connectivity index (χ1) is 9.63. The lowest BCUT2D eigenvalue weighted by atomic mass is 10.2. The van der Waals surface area contributed by atoms with Crippen molar-refractivity contribution < 1.29 is 4.79 Å². The molecule has 1 aromatic carbocycles. The van der Waals surface area contributed by atoms with Gasteiger partial charge in [-0.15, -0.1) is 0 Å². The van der Waals surface area contributed by atoms with Gasteiger partial charge in [0.25, 0.3) is 5.91 Å². The van der Waals surface area contributed by atoms with Crippen LogP contribution < -0.4 is 5.32 Å². The predicted molar refractivity (Wildman–Crippen MR) is 80.8 cm³/mol. The third-order valence-electron chi connectivity index (χ3n) is 3.27. The molecule has 4 nitrogen and oxygen atoms in total. The number of benzene rings is 1. The molecule has 5 heteroatoms. The molecule has 0 saturated heterocycles. The van der Waals surface area contributed by atoms with Gasteiger partial charge in [-0.05, 0) is 38.0 Å². The standard InChI is InChI=1S/C15H14BrN3O/c1-9-13(8-17-14(18-9)10-5-6-10)15(20)19-12-4-2-3-11(16)7-12/h2-4,7-8,10H,5-6H2,1H3,(H,19,20). The molecular weight excluding hydrogens is 318 g/mol. The number of anilines is 1. The third-order valence-corrected chi connectivity index (χ3v) is 3.76. The Morgan fingerprint density at radius 1 is 1.40 bits per heavy atom. The van der Waals surface area contributed by atoms with Crippen molar-refractivity contribution in [1.29, 1.82) is 0 Å². The van der Waals surface area contributed by atoms with Gasteiger partial charge in [-0.2, -0.15) is 0 Å². The van der Waals surface area contributed by atoms with E-state index in [0.717, 1.165) is 34.5 Å². The summed E-state index contributed by atoms with van der Waals surface area (Å²) in [7, 11) is 0. The monoisotopic (exact) mass is 331 g/mol. The molecule has 102 valence electrons. The van der Waals surface area contributed by atoms with Crippen LogP contribution in [0.3, 0.4) is 0 Å². The number of aryl methyl sites for hydroxylation is 1. The van der Waals surface area contributed by atoms with E-state index in [4.69, 9.17) is 0 Å². The first-order valence-electron chi connectivity index (χ1n) is 6.54. The number of carbonyl (C=O) groups is 1. The highest BCUT2D eigenvalue weighted by molar-refractivity contribution is 9.10. The van der Waals surface area contributed by atoms with Crippen molar-refractivity contribution in [2.75, 3.05) is 5.32 Å². The van der Waals surface area contributed by atoms with Gasteiger partial charge >= 0.3 is 0 Å². The summed E-state index contributed by atoms with van der Waals surface area (Å²) in [5, 5.41) is 2.86. The minimum absolute atomic E-state index is 0.178. The molecule has 1 aliphatic carbocycles. The zero-order chi connectivity index (χ0) is 14.1. The van der Waals surface area contributed by atoms with Crippen molar-refractivity contribution in [1.82, 2.24) is 9.97 Å². The third kappa shape index (κ3) is 2.88. The Bertz CT molecular complexity index is 668. The molecule has 1 heterocycles. The largest absolute Gasteiger partial charge is 0.322 e. The number of amides is 1. The zero-order valence-corrected chi connectivity index (χ0v) is 12.6. The van der Waals surface area contributed by atoms with Crippen LogP contribution in [0.2, 0.25) is 0 Å². The number of halogens is 1. The van der Waals surface area contributed by atoms with E-state index >= 15 is 0 Å². The minimum Gasteiger partial charge on any atom is -0.322 e. The van der Waals surface area contributed by atoms with Crippen LogP contribution in [-0.4, -0.2) is 15.9 Å². The molecule has 1 N–H and O–H groups in total. The van der Waals surface area contributed by atoms with E-state index in [-0.39, 0.29) is 5.91 Å². The lowest BCUT2D eigenvalue weighted by Gasteiger charge is -2.08. The fraction of sp³-hybridized carbons (Fsp3) is 0.267. The zero-order valence-electron chi connectivity index (χ0n) is 11.1. The maximum Gasteiger partial charge on any atom is 0.259 e. The molecule has 1 aromatic heterocycles. The maximum absolute atomic E-state index is 12.2. The number of nitrogens with zero attached hydrogens (tertiary/aromatic N) is 2. The maximum atomic E-state index is 12.2. The lowest BCUT2D eigenvalue weighted by molar-refractivity contribution is 0.102. The molecule has 3 rings (SSSR count). The summed E-state index contributed by atoms with van der Waals surface area (Å²) in [6.07, 6.45) is 3.94. The van der Waals surface area contributed by atoms with Crippen molar-refractivity contribution in [3.8, 4) is 0 Å². The highest BCUT2D eigenvalue weighted by atomic mass is 79.9. The van der Waals surface area contributed by atoms with Gasteiger partial charge < -0.3 is 5.32 Å². The lowest BCUT2D eigenvalue weighted by Crippen LogP contribution is -2.15. The molecule has 0 bridgehead atoms. The number of hydrogen-bond donors (Lipinski definition) is 1. The van der Waals surface area contributed by atoms with Crippen LogP contribution in [0.1, 0.15) is 40.6 Å². The summed E-state index contributed by atoms with van der Waals surface area (Å²) in [4.78, 5) is 21.0. The molecule has 0 unspecified atom stereocenters. The second-order valence-electron chi connectivity index (χ2n) is 4.97. The van der Waals surface area contributed by atoms with Crippen LogP contribution in [0, 0.1) is 6.92 Å². The van der Waals surface area contributed by atoms with E-state index in [9.17, 15) is 4.79 Å².